The predicted molar refractivity (Wildman–Crippen MR) is 95.8 cm³/mol. The maximum absolute atomic E-state index is 12.4. The summed E-state index contributed by atoms with van der Waals surface area (Å²) in [6.07, 6.45) is 4.51. The molecule has 0 aliphatic carbocycles. The highest BCUT2D eigenvalue weighted by Crippen LogP contribution is 2.16. The van der Waals surface area contributed by atoms with Crippen LogP contribution in [-0.4, -0.2) is 20.9 Å². The molecule has 2 aromatic rings. The molecule has 1 heterocycles. The van der Waals surface area contributed by atoms with Crippen LogP contribution in [0.3, 0.4) is 0 Å². The van der Waals surface area contributed by atoms with Gasteiger partial charge in [-0.05, 0) is 43.2 Å². The third-order valence-corrected chi connectivity index (χ3v) is 5.25. The van der Waals surface area contributed by atoms with Crippen molar-refractivity contribution in [1.82, 2.24) is 10.0 Å². The minimum absolute atomic E-state index is 0.0573. The van der Waals surface area contributed by atoms with Crippen molar-refractivity contribution in [1.29, 1.82) is 0 Å². The van der Waals surface area contributed by atoms with E-state index in [1.165, 1.54) is 18.4 Å². The van der Waals surface area contributed by atoms with Crippen LogP contribution >= 0.6 is 0 Å². The van der Waals surface area contributed by atoms with Gasteiger partial charge in [0.05, 0.1) is 17.7 Å². The number of unbranched alkanes of at least 4 members (excludes halogenated alkanes) is 2. The third-order valence-electron chi connectivity index (χ3n) is 3.85. The normalized spacial score (nSPS) is 11.4. The second kappa shape index (κ2) is 8.82. The lowest BCUT2D eigenvalue weighted by Gasteiger charge is -2.11. The summed E-state index contributed by atoms with van der Waals surface area (Å²) in [7, 11) is -3.73. The van der Waals surface area contributed by atoms with Gasteiger partial charge in [-0.25, -0.2) is 13.1 Å². The molecule has 2 N–H and O–H groups in total. The van der Waals surface area contributed by atoms with Crippen LogP contribution in [0.25, 0.3) is 0 Å². The number of nitrogens with one attached hydrogen (secondary N) is 2. The summed E-state index contributed by atoms with van der Waals surface area (Å²) in [5.74, 6) is 0.265. The first kappa shape index (κ1) is 19.2. The SMILES string of the molecule is CCCCCNC(=O)c1cc(S(=O)(=O)NCc2ccco2)ccc1C. The number of rotatable bonds is 9. The molecule has 0 saturated heterocycles. The molecule has 0 saturated carbocycles. The van der Waals surface area contributed by atoms with Crippen molar-refractivity contribution in [3.05, 3.63) is 53.5 Å². The molecule has 1 aromatic carbocycles. The molecule has 0 spiro atoms. The summed E-state index contributed by atoms with van der Waals surface area (Å²) in [5, 5.41) is 2.84. The maximum Gasteiger partial charge on any atom is 0.251 e. The van der Waals surface area contributed by atoms with Crippen LogP contribution in [0, 0.1) is 6.92 Å². The molecule has 7 heteroatoms. The molecule has 25 heavy (non-hydrogen) atoms. The Bertz CT molecular complexity index is 798. The molecule has 6 nitrogen and oxygen atoms in total. The van der Waals surface area contributed by atoms with Crippen molar-refractivity contribution in [2.45, 2.75) is 44.6 Å². The minimum Gasteiger partial charge on any atom is -0.468 e. The fraction of sp³-hybridized carbons (Fsp3) is 0.389. The molecule has 0 aliphatic rings. The van der Waals surface area contributed by atoms with Gasteiger partial charge in [-0.3, -0.25) is 4.79 Å². The average molecular weight is 364 g/mol. The van der Waals surface area contributed by atoms with Crippen molar-refractivity contribution >= 4 is 15.9 Å². The Balaban J connectivity index is 2.09. The standard InChI is InChI=1S/C18H24N2O4S/c1-3-4-5-10-19-18(21)17-12-16(9-8-14(17)2)25(22,23)20-13-15-7-6-11-24-15/h6-9,11-12,20H,3-5,10,13H2,1-2H3,(H,19,21). The van der Waals surface area contributed by atoms with E-state index in [0.717, 1.165) is 24.8 Å². The zero-order valence-electron chi connectivity index (χ0n) is 14.5. The summed E-state index contributed by atoms with van der Waals surface area (Å²) in [6, 6.07) is 7.92. The van der Waals surface area contributed by atoms with E-state index in [1.54, 1.807) is 25.1 Å². The topological polar surface area (TPSA) is 88.4 Å². The van der Waals surface area contributed by atoms with Gasteiger partial charge >= 0.3 is 0 Å². The zero-order valence-corrected chi connectivity index (χ0v) is 15.4. The summed E-state index contributed by atoms with van der Waals surface area (Å²) < 4.78 is 32.4. The molecule has 0 unspecified atom stereocenters. The van der Waals surface area contributed by atoms with E-state index in [1.807, 2.05) is 0 Å². The minimum atomic E-state index is -3.73. The van der Waals surface area contributed by atoms with Gasteiger partial charge in [-0.15, -0.1) is 0 Å². The number of hydrogen-bond donors (Lipinski definition) is 2. The number of furan rings is 1. The van der Waals surface area contributed by atoms with Crippen LogP contribution in [0.4, 0.5) is 0 Å². The molecule has 0 atom stereocenters. The number of amides is 1. The van der Waals surface area contributed by atoms with E-state index < -0.39 is 10.0 Å². The molecule has 0 radical (unpaired) electrons. The average Bonchev–Trinajstić information content (AvgIpc) is 3.10. The lowest BCUT2D eigenvalue weighted by molar-refractivity contribution is 0.0952. The van der Waals surface area contributed by atoms with E-state index in [4.69, 9.17) is 4.42 Å². The van der Waals surface area contributed by atoms with Gasteiger partial charge in [0, 0.05) is 12.1 Å². The lowest BCUT2D eigenvalue weighted by Crippen LogP contribution is -2.27. The summed E-state index contributed by atoms with van der Waals surface area (Å²) in [4.78, 5) is 12.4. The van der Waals surface area contributed by atoms with Crippen molar-refractivity contribution in [2.24, 2.45) is 0 Å². The van der Waals surface area contributed by atoms with Gasteiger partial charge in [-0.1, -0.05) is 25.8 Å². The molecule has 0 bridgehead atoms. The number of carbonyl (C=O) groups is 1. The van der Waals surface area contributed by atoms with Crippen LogP contribution in [0.2, 0.25) is 0 Å². The predicted octanol–water partition coefficient (Wildman–Crippen LogP) is 2.99. The monoisotopic (exact) mass is 364 g/mol. The molecular formula is C18H24N2O4S. The fourth-order valence-electron chi connectivity index (χ4n) is 2.35. The van der Waals surface area contributed by atoms with Gasteiger partial charge in [-0.2, -0.15) is 0 Å². The highest BCUT2D eigenvalue weighted by molar-refractivity contribution is 7.89. The van der Waals surface area contributed by atoms with E-state index in [-0.39, 0.29) is 17.3 Å². The smallest absolute Gasteiger partial charge is 0.251 e. The Morgan fingerprint density at radius 1 is 1.20 bits per heavy atom. The summed E-state index contributed by atoms with van der Waals surface area (Å²) in [6.45, 7) is 4.52. The number of sulfonamides is 1. The Morgan fingerprint density at radius 2 is 2.00 bits per heavy atom. The third kappa shape index (κ3) is 5.44. The molecule has 1 aromatic heterocycles. The Labute approximate surface area is 148 Å². The van der Waals surface area contributed by atoms with E-state index in [2.05, 4.69) is 17.0 Å². The Hall–Kier alpha value is -2.12. The lowest BCUT2D eigenvalue weighted by atomic mass is 10.1. The van der Waals surface area contributed by atoms with Crippen LogP contribution in [0.15, 0.2) is 45.9 Å². The second-order valence-corrected chi connectivity index (χ2v) is 7.61. The number of carbonyl (C=O) groups excluding carboxylic acids is 1. The van der Waals surface area contributed by atoms with Gasteiger partial charge in [0.15, 0.2) is 0 Å². The molecule has 1 amide bonds. The van der Waals surface area contributed by atoms with E-state index in [9.17, 15) is 13.2 Å². The first-order valence-electron chi connectivity index (χ1n) is 8.35. The zero-order chi connectivity index (χ0) is 18.3. The second-order valence-electron chi connectivity index (χ2n) is 5.84. The van der Waals surface area contributed by atoms with E-state index >= 15 is 0 Å². The van der Waals surface area contributed by atoms with Crippen LogP contribution in [-0.2, 0) is 16.6 Å². The highest BCUT2D eigenvalue weighted by Gasteiger charge is 2.18. The van der Waals surface area contributed by atoms with Gasteiger partial charge in [0.25, 0.3) is 5.91 Å². The molecular weight excluding hydrogens is 340 g/mol. The highest BCUT2D eigenvalue weighted by atomic mass is 32.2. The van der Waals surface area contributed by atoms with Crippen LogP contribution < -0.4 is 10.0 Å². The van der Waals surface area contributed by atoms with Crippen molar-refractivity contribution in [3.63, 3.8) is 0 Å². The van der Waals surface area contributed by atoms with Crippen molar-refractivity contribution in [3.8, 4) is 0 Å². The van der Waals surface area contributed by atoms with Crippen molar-refractivity contribution in [2.75, 3.05) is 6.54 Å². The van der Waals surface area contributed by atoms with Crippen LogP contribution in [0.5, 0.6) is 0 Å². The molecule has 0 aliphatic heterocycles. The molecule has 2 rings (SSSR count). The van der Waals surface area contributed by atoms with Crippen molar-refractivity contribution < 1.29 is 17.6 Å². The van der Waals surface area contributed by atoms with Gasteiger partial charge in [0.2, 0.25) is 10.0 Å². The van der Waals surface area contributed by atoms with E-state index in [0.29, 0.717) is 17.9 Å². The number of aryl methyl sites for hydroxylation is 1. The Kier molecular flexibility index (Phi) is 6.78. The van der Waals surface area contributed by atoms with Gasteiger partial charge < -0.3 is 9.73 Å². The summed E-state index contributed by atoms with van der Waals surface area (Å²) >= 11 is 0. The Morgan fingerprint density at radius 3 is 2.68 bits per heavy atom. The first-order chi connectivity index (χ1) is 11.9. The summed E-state index contributed by atoms with van der Waals surface area (Å²) in [5.41, 5.74) is 1.11. The largest absolute Gasteiger partial charge is 0.468 e. The fourth-order valence-corrected chi connectivity index (χ4v) is 3.37. The van der Waals surface area contributed by atoms with Crippen LogP contribution in [0.1, 0.15) is 47.9 Å². The molecule has 136 valence electrons. The maximum atomic E-state index is 12.4. The molecule has 0 fully saturated rings. The number of benzene rings is 1. The van der Waals surface area contributed by atoms with Gasteiger partial charge in [0.1, 0.15) is 5.76 Å². The first-order valence-corrected chi connectivity index (χ1v) is 9.83. The number of hydrogen-bond acceptors (Lipinski definition) is 4. The quantitative estimate of drug-likeness (QED) is 0.670.